The lowest BCUT2D eigenvalue weighted by atomic mass is 9.71. The Labute approximate surface area is 221 Å². The molecule has 2 amide bonds. The van der Waals surface area contributed by atoms with Crippen molar-refractivity contribution in [2.45, 2.75) is 148 Å². The van der Waals surface area contributed by atoms with Crippen LogP contribution in [0.5, 0.6) is 0 Å². The predicted molar refractivity (Wildman–Crippen MR) is 151 cm³/mol. The highest BCUT2D eigenvalue weighted by molar-refractivity contribution is 7.99. The smallest absolute Gasteiger partial charge is 0.407 e. The van der Waals surface area contributed by atoms with Crippen molar-refractivity contribution in [1.82, 2.24) is 10.6 Å². The van der Waals surface area contributed by atoms with Gasteiger partial charge in [-0.1, -0.05) is 72.1 Å². The Balaban J connectivity index is 2.41. The fraction of sp³-hybridized carbons (Fsp3) is 0.931. The molecule has 0 aliphatic heterocycles. The van der Waals surface area contributed by atoms with Crippen LogP contribution in [0.15, 0.2) is 0 Å². The Morgan fingerprint density at radius 1 is 0.943 bits per heavy atom. The largest absolute Gasteiger partial charge is 0.444 e. The molecule has 6 heteroatoms. The van der Waals surface area contributed by atoms with Crippen molar-refractivity contribution in [1.29, 1.82) is 0 Å². The summed E-state index contributed by atoms with van der Waals surface area (Å²) in [6, 6.07) is 0. The highest BCUT2D eigenvalue weighted by atomic mass is 32.2. The quantitative estimate of drug-likeness (QED) is 0.172. The summed E-state index contributed by atoms with van der Waals surface area (Å²) in [5.74, 6) is 1.23. The van der Waals surface area contributed by atoms with Crippen LogP contribution in [0.4, 0.5) is 4.79 Å². The van der Waals surface area contributed by atoms with Gasteiger partial charge in [0.2, 0.25) is 5.91 Å². The first-order chi connectivity index (χ1) is 16.8. The molecule has 1 unspecified atom stereocenters. The van der Waals surface area contributed by atoms with Gasteiger partial charge in [0, 0.05) is 24.8 Å². The van der Waals surface area contributed by atoms with Crippen molar-refractivity contribution in [3.63, 3.8) is 0 Å². The third-order valence-corrected chi connectivity index (χ3v) is 8.94. The molecule has 1 fully saturated rings. The third-order valence-electron chi connectivity index (χ3n) is 7.37. The number of unbranched alkanes of at least 4 members (excludes halogenated alkanes) is 4. The van der Waals surface area contributed by atoms with E-state index >= 15 is 0 Å². The Kier molecular flexibility index (Phi) is 16.8. The Bertz CT molecular complexity index is 576. The standard InChI is InChI=1S/C29H56N2O3S/c1-6-9-10-11-13-18-28(4,5)34-27(33)31-24-29(19-14-12-15-20-29)23-26(32)30-21-16-22-35-25(8-3)17-7-2/h25H,6-24H2,1-5H3,(H,30,32)(H,31,33). The summed E-state index contributed by atoms with van der Waals surface area (Å²) in [5, 5.41) is 6.92. The zero-order chi connectivity index (χ0) is 26.0. The van der Waals surface area contributed by atoms with Crippen molar-refractivity contribution < 1.29 is 14.3 Å². The van der Waals surface area contributed by atoms with E-state index in [0.717, 1.165) is 62.5 Å². The van der Waals surface area contributed by atoms with E-state index in [9.17, 15) is 9.59 Å². The van der Waals surface area contributed by atoms with Gasteiger partial charge in [-0.3, -0.25) is 4.79 Å². The molecule has 0 aromatic carbocycles. The number of hydrogen-bond acceptors (Lipinski definition) is 4. The van der Waals surface area contributed by atoms with Gasteiger partial charge in [-0.15, -0.1) is 0 Å². The normalized spacial score (nSPS) is 16.5. The first-order valence-electron chi connectivity index (χ1n) is 14.6. The minimum atomic E-state index is -0.459. The second-order valence-corrected chi connectivity index (χ2v) is 12.7. The van der Waals surface area contributed by atoms with E-state index in [1.54, 1.807) is 0 Å². The average Bonchev–Trinajstić information content (AvgIpc) is 2.82. The van der Waals surface area contributed by atoms with Crippen LogP contribution in [0, 0.1) is 5.41 Å². The molecule has 1 aliphatic rings. The first kappa shape index (κ1) is 32.1. The first-order valence-corrected chi connectivity index (χ1v) is 15.7. The Morgan fingerprint density at radius 2 is 1.66 bits per heavy atom. The molecule has 1 saturated carbocycles. The number of ether oxygens (including phenoxy) is 1. The summed E-state index contributed by atoms with van der Waals surface area (Å²) in [6.07, 6.45) is 17.3. The lowest BCUT2D eigenvalue weighted by molar-refractivity contribution is -0.124. The van der Waals surface area contributed by atoms with Crippen LogP contribution in [0.1, 0.15) is 137 Å². The van der Waals surface area contributed by atoms with E-state index in [4.69, 9.17) is 4.74 Å². The third kappa shape index (κ3) is 15.1. The van der Waals surface area contributed by atoms with Crippen molar-refractivity contribution in [3.8, 4) is 0 Å². The van der Waals surface area contributed by atoms with Crippen LogP contribution >= 0.6 is 11.8 Å². The van der Waals surface area contributed by atoms with Crippen molar-refractivity contribution in [2.24, 2.45) is 5.41 Å². The van der Waals surface area contributed by atoms with Crippen LogP contribution in [0.2, 0.25) is 0 Å². The molecule has 0 saturated heterocycles. The molecule has 0 aromatic rings. The summed E-state index contributed by atoms with van der Waals surface area (Å²) in [6.45, 7) is 12.0. The van der Waals surface area contributed by atoms with Crippen LogP contribution in [-0.4, -0.2) is 41.7 Å². The van der Waals surface area contributed by atoms with Gasteiger partial charge < -0.3 is 15.4 Å². The summed E-state index contributed by atoms with van der Waals surface area (Å²) >= 11 is 2.04. The molecule has 0 spiro atoms. The molecule has 0 radical (unpaired) electrons. The molecule has 2 N–H and O–H groups in total. The molecule has 1 aliphatic carbocycles. The van der Waals surface area contributed by atoms with E-state index < -0.39 is 5.60 Å². The number of amides is 2. The summed E-state index contributed by atoms with van der Waals surface area (Å²) in [5.41, 5.74) is -0.603. The fourth-order valence-corrected chi connectivity index (χ4v) is 6.43. The van der Waals surface area contributed by atoms with Crippen LogP contribution in [0.25, 0.3) is 0 Å². The molecule has 0 heterocycles. The van der Waals surface area contributed by atoms with Crippen molar-refractivity contribution in [3.05, 3.63) is 0 Å². The molecule has 1 rings (SSSR count). The van der Waals surface area contributed by atoms with Crippen LogP contribution in [0.3, 0.4) is 0 Å². The number of rotatable bonds is 19. The second-order valence-electron chi connectivity index (χ2n) is 11.3. The van der Waals surface area contributed by atoms with E-state index in [0.29, 0.717) is 13.0 Å². The zero-order valence-corrected chi connectivity index (χ0v) is 24.5. The maximum Gasteiger partial charge on any atom is 0.407 e. The lowest BCUT2D eigenvalue weighted by Gasteiger charge is -2.37. The van der Waals surface area contributed by atoms with Gasteiger partial charge in [0.15, 0.2) is 0 Å². The van der Waals surface area contributed by atoms with Gasteiger partial charge in [-0.05, 0) is 70.0 Å². The Hall–Kier alpha value is -0.910. The number of alkyl carbamates (subject to hydrolysis) is 1. The zero-order valence-electron chi connectivity index (χ0n) is 23.6. The fourth-order valence-electron chi connectivity index (χ4n) is 5.15. The topological polar surface area (TPSA) is 67.4 Å². The van der Waals surface area contributed by atoms with Crippen LogP contribution in [-0.2, 0) is 9.53 Å². The number of thioether (sulfide) groups is 1. The van der Waals surface area contributed by atoms with Gasteiger partial charge >= 0.3 is 6.09 Å². The molecule has 5 nitrogen and oxygen atoms in total. The number of hydrogen-bond donors (Lipinski definition) is 2. The molecule has 35 heavy (non-hydrogen) atoms. The maximum atomic E-state index is 12.8. The van der Waals surface area contributed by atoms with Gasteiger partial charge in [0.25, 0.3) is 0 Å². The maximum absolute atomic E-state index is 12.8. The number of carbonyl (C=O) groups is 2. The van der Waals surface area contributed by atoms with E-state index in [2.05, 4.69) is 31.4 Å². The summed E-state index contributed by atoms with van der Waals surface area (Å²) in [4.78, 5) is 25.4. The van der Waals surface area contributed by atoms with E-state index in [1.165, 1.54) is 51.4 Å². The van der Waals surface area contributed by atoms with Crippen molar-refractivity contribution >= 4 is 23.8 Å². The molecular weight excluding hydrogens is 456 g/mol. The van der Waals surface area contributed by atoms with Gasteiger partial charge in [0.05, 0.1) is 0 Å². The predicted octanol–water partition coefficient (Wildman–Crippen LogP) is 8.01. The minimum absolute atomic E-state index is 0.125. The summed E-state index contributed by atoms with van der Waals surface area (Å²) < 4.78 is 5.77. The highest BCUT2D eigenvalue weighted by Gasteiger charge is 2.35. The SMILES string of the molecule is CCCCCCCC(C)(C)OC(=O)NCC1(CC(=O)NCCCSC(CC)CCC)CCCCC1. The lowest BCUT2D eigenvalue weighted by Crippen LogP contribution is -2.44. The van der Waals surface area contributed by atoms with Gasteiger partial charge in [0.1, 0.15) is 5.60 Å². The molecule has 1 atom stereocenters. The van der Waals surface area contributed by atoms with Gasteiger partial charge in [-0.25, -0.2) is 4.79 Å². The second kappa shape index (κ2) is 18.4. The monoisotopic (exact) mass is 512 g/mol. The van der Waals surface area contributed by atoms with E-state index in [1.807, 2.05) is 25.6 Å². The summed E-state index contributed by atoms with van der Waals surface area (Å²) in [7, 11) is 0. The number of carbonyl (C=O) groups excluding carboxylic acids is 2. The number of nitrogens with one attached hydrogen (secondary N) is 2. The van der Waals surface area contributed by atoms with Gasteiger partial charge in [-0.2, -0.15) is 11.8 Å². The molecule has 0 aromatic heterocycles. The molecule has 0 bridgehead atoms. The van der Waals surface area contributed by atoms with E-state index in [-0.39, 0.29) is 17.4 Å². The van der Waals surface area contributed by atoms with Crippen molar-refractivity contribution in [2.75, 3.05) is 18.8 Å². The molecular formula is C29H56N2O3S. The highest BCUT2D eigenvalue weighted by Crippen LogP contribution is 2.39. The van der Waals surface area contributed by atoms with Crippen LogP contribution < -0.4 is 10.6 Å². The Morgan fingerprint density at radius 3 is 2.31 bits per heavy atom. The molecule has 206 valence electrons. The average molecular weight is 513 g/mol. The minimum Gasteiger partial charge on any atom is -0.444 e.